The normalized spacial score (nSPS) is 11.0. The lowest BCUT2D eigenvalue weighted by molar-refractivity contribution is -0.124. The Morgan fingerprint density at radius 3 is 2.60 bits per heavy atom. The highest BCUT2D eigenvalue weighted by Crippen LogP contribution is 2.19. The maximum Gasteiger partial charge on any atom is 0.324 e. The highest BCUT2D eigenvalue weighted by Gasteiger charge is 1.96. The fourth-order valence-electron chi connectivity index (χ4n) is 1.55. The van der Waals surface area contributed by atoms with E-state index in [4.69, 9.17) is 0 Å². The molecular formula is C13H9FO. The van der Waals surface area contributed by atoms with E-state index in [0.717, 1.165) is 22.4 Å². The average Bonchev–Trinajstić information content (AvgIpc) is 2.26. The van der Waals surface area contributed by atoms with Crippen molar-refractivity contribution in [3.05, 3.63) is 54.1 Å². The largest absolute Gasteiger partial charge is 0.324 e. The van der Waals surface area contributed by atoms with Crippen molar-refractivity contribution in [1.29, 1.82) is 0 Å². The van der Waals surface area contributed by atoms with Crippen LogP contribution in [0.2, 0.25) is 0 Å². The Kier molecular flexibility index (Phi) is 2.59. The number of rotatable bonds is 2. The number of hydrogen-bond acceptors (Lipinski definition) is 1. The first-order valence-electron chi connectivity index (χ1n) is 4.63. The first-order valence-corrected chi connectivity index (χ1v) is 4.63. The highest BCUT2D eigenvalue weighted by atomic mass is 19.1. The molecule has 0 N–H and O–H groups in total. The smallest absolute Gasteiger partial charge is 0.256 e. The van der Waals surface area contributed by atoms with Gasteiger partial charge in [-0.2, -0.15) is 4.39 Å². The van der Waals surface area contributed by atoms with Crippen LogP contribution in [-0.2, 0) is 4.79 Å². The molecule has 0 atom stereocenters. The molecule has 0 heterocycles. The molecule has 15 heavy (non-hydrogen) atoms. The number of allylic oxidation sites excluding steroid dienone is 1. The van der Waals surface area contributed by atoms with E-state index in [1.165, 1.54) is 6.08 Å². The maximum atomic E-state index is 12.1. The summed E-state index contributed by atoms with van der Waals surface area (Å²) >= 11 is 0. The summed E-state index contributed by atoms with van der Waals surface area (Å²) in [6.07, 6.45) is 2.42. The molecule has 2 rings (SSSR count). The third kappa shape index (κ3) is 2.10. The number of halogens is 1. The molecule has 0 fully saturated rings. The van der Waals surface area contributed by atoms with Crippen molar-refractivity contribution in [2.75, 3.05) is 0 Å². The molecule has 0 aliphatic carbocycles. The fraction of sp³-hybridized carbons (Fsp3) is 0. The molecule has 74 valence electrons. The van der Waals surface area contributed by atoms with Crippen molar-refractivity contribution in [2.45, 2.75) is 0 Å². The van der Waals surface area contributed by atoms with Crippen LogP contribution in [0.25, 0.3) is 16.8 Å². The predicted octanol–water partition coefficient (Wildman–Crippen LogP) is 3.35. The van der Waals surface area contributed by atoms with E-state index in [-0.39, 0.29) is 0 Å². The second-order valence-electron chi connectivity index (χ2n) is 3.21. The lowest BCUT2D eigenvalue weighted by Gasteiger charge is -2.00. The molecule has 2 heteroatoms. The van der Waals surface area contributed by atoms with Gasteiger partial charge in [-0.15, -0.1) is 0 Å². The molecular weight excluding hydrogens is 191 g/mol. The topological polar surface area (TPSA) is 17.1 Å². The third-order valence-corrected chi connectivity index (χ3v) is 2.22. The monoisotopic (exact) mass is 200 g/mol. The van der Waals surface area contributed by atoms with Crippen molar-refractivity contribution < 1.29 is 9.18 Å². The van der Waals surface area contributed by atoms with Crippen LogP contribution in [0.15, 0.2) is 48.5 Å². The molecule has 0 radical (unpaired) electrons. The molecule has 0 saturated heterocycles. The standard InChI is InChI=1S/C13H9FO/c14-13(15)9-8-11-6-3-5-10-4-1-2-7-12(10)11/h1-9H/b9-8+. The Bertz CT molecular complexity index is 524. The van der Waals surface area contributed by atoms with Crippen LogP contribution in [0.3, 0.4) is 0 Å². The molecule has 2 aromatic carbocycles. The Morgan fingerprint density at radius 1 is 1.07 bits per heavy atom. The van der Waals surface area contributed by atoms with Gasteiger partial charge in [-0.3, -0.25) is 4.79 Å². The van der Waals surface area contributed by atoms with Crippen LogP contribution in [0, 0.1) is 0 Å². The Balaban J connectivity index is 2.56. The highest BCUT2D eigenvalue weighted by molar-refractivity contribution is 5.94. The van der Waals surface area contributed by atoms with Gasteiger partial charge in [0.05, 0.1) is 0 Å². The maximum absolute atomic E-state index is 12.1. The SMILES string of the molecule is O=C(F)/C=C/c1cccc2ccccc12. The zero-order valence-corrected chi connectivity index (χ0v) is 7.98. The van der Waals surface area contributed by atoms with Crippen LogP contribution < -0.4 is 0 Å². The van der Waals surface area contributed by atoms with Gasteiger partial charge < -0.3 is 0 Å². The molecule has 0 saturated carbocycles. The van der Waals surface area contributed by atoms with Crippen molar-refractivity contribution in [3.8, 4) is 0 Å². The fourth-order valence-corrected chi connectivity index (χ4v) is 1.55. The van der Waals surface area contributed by atoms with E-state index in [1.54, 1.807) is 0 Å². The molecule has 0 aromatic heterocycles. The summed E-state index contributed by atoms with van der Waals surface area (Å²) < 4.78 is 12.1. The number of carbonyl (C=O) groups excluding carboxylic acids is 1. The van der Waals surface area contributed by atoms with Gasteiger partial charge in [-0.25, -0.2) is 0 Å². The first kappa shape index (κ1) is 9.59. The minimum Gasteiger partial charge on any atom is -0.256 e. The lowest BCUT2D eigenvalue weighted by Crippen LogP contribution is -1.80. The van der Waals surface area contributed by atoms with Crippen LogP contribution in [-0.4, -0.2) is 6.04 Å². The van der Waals surface area contributed by atoms with Gasteiger partial charge in [0, 0.05) is 6.08 Å². The second-order valence-corrected chi connectivity index (χ2v) is 3.21. The summed E-state index contributed by atoms with van der Waals surface area (Å²) in [6.45, 7) is 0. The van der Waals surface area contributed by atoms with Crippen LogP contribution in [0.1, 0.15) is 5.56 Å². The Morgan fingerprint density at radius 2 is 1.80 bits per heavy atom. The molecule has 0 spiro atoms. The van der Waals surface area contributed by atoms with Crippen molar-refractivity contribution >= 4 is 22.9 Å². The minimum atomic E-state index is -1.43. The van der Waals surface area contributed by atoms with E-state index in [0.29, 0.717) is 0 Å². The molecule has 0 unspecified atom stereocenters. The molecule has 0 bridgehead atoms. The third-order valence-electron chi connectivity index (χ3n) is 2.22. The van der Waals surface area contributed by atoms with E-state index < -0.39 is 6.04 Å². The molecule has 2 aromatic rings. The minimum absolute atomic E-state index is 0.846. The van der Waals surface area contributed by atoms with Gasteiger partial charge in [0.15, 0.2) is 0 Å². The zero-order valence-electron chi connectivity index (χ0n) is 7.98. The summed E-state index contributed by atoms with van der Waals surface area (Å²) in [5, 5.41) is 2.09. The van der Waals surface area contributed by atoms with Crippen molar-refractivity contribution in [3.63, 3.8) is 0 Å². The Labute approximate surface area is 86.8 Å². The van der Waals surface area contributed by atoms with Gasteiger partial charge >= 0.3 is 6.04 Å². The average molecular weight is 200 g/mol. The van der Waals surface area contributed by atoms with Crippen molar-refractivity contribution in [1.82, 2.24) is 0 Å². The van der Waals surface area contributed by atoms with Gasteiger partial charge in [-0.05, 0) is 22.4 Å². The Hall–Kier alpha value is -1.96. The predicted molar refractivity (Wildman–Crippen MR) is 59.1 cm³/mol. The van der Waals surface area contributed by atoms with Crippen molar-refractivity contribution in [2.24, 2.45) is 0 Å². The summed E-state index contributed by atoms with van der Waals surface area (Å²) in [4.78, 5) is 10.2. The lowest BCUT2D eigenvalue weighted by atomic mass is 10.0. The number of carbonyl (C=O) groups is 1. The molecule has 1 nitrogen and oxygen atoms in total. The van der Waals surface area contributed by atoms with Gasteiger partial charge in [0.1, 0.15) is 0 Å². The van der Waals surface area contributed by atoms with E-state index in [1.807, 2.05) is 42.5 Å². The van der Waals surface area contributed by atoms with E-state index in [2.05, 4.69) is 0 Å². The summed E-state index contributed by atoms with van der Waals surface area (Å²) in [5.41, 5.74) is 0.846. The zero-order chi connectivity index (χ0) is 10.7. The van der Waals surface area contributed by atoms with Crippen LogP contribution in [0.4, 0.5) is 4.39 Å². The van der Waals surface area contributed by atoms with Gasteiger partial charge in [-0.1, -0.05) is 42.5 Å². The molecule has 0 aliphatic rings. The quantitative estimate of drug-likeness (QED) is 0.536. The molecule has 0 aliphatic heterocycles. The number of fused-ring (bicyclic) bond motifs is 1. The summed E-state index contributed by atoms with van der Waals surface area (Å²) in [7, 11) is 0. The van der Waals surface area contributed by atoms with E-state index >= 15 is 0 Å². The summed E-state index contributed by atoms with van der Waals surface area (Å²) in [5.74, 6) is 0. The van der Waals surface area contributed by atoms with E-state index in [9.17, 15) is 9.18 Å². The number of benzene rings is 2. The van der Waals surface area contributed by atoms with Gasteiger partial charge in [0.25, 0.3) is 0 Å². The molecule has 0 amide bonds. The second kappa shape index (κ2) is 4.05. The van der Waals surface area contributed by atoms with Gasteiger partial charge in [0.2, 0.25) is 0 Å². The first-order chi connectivity index (χ1) is 7.27. The van der Waals surface area contributed by atoms with Crippen LogP contribution in [0.5, 0.6) is 0 Å². The number of hydrogen-bond donors (Lipinski definition) is 0. The van der Waals surface area contributed by atoms with Crippen LogP contribution >= 0.6 is 0 Å². The summed E-state index contributed by atoms with van der Waals surface area (Å²) in [6, 6.07) is 12.0.